The van der Waals surface area contributed by atoms with Crippen LogP contribution < -0.4 is 5.32 Å². The first-order chi connectivity index (χ1) is 9.32. The Morgan fingerprint density at radius 2 is 1.45 bits per heavy atom. The quantitative estimate of drug-likeness (QED) is 0.485. The summed E-state index contributed by atoms with van der Waals surface area (Å²) in [4.78, 5) is 3.77. The predicted octanol–water partition coefficient (Wildman–Crippen LogP) is 4.59. The highest BCUT2D eigenvalue weighted by Crippen LogP contribution is 2.29. The van der Waals surface area contributed by atoms with E-state index < -0.39 is 34.8 Å². The third-order valence-electron chi connectivity index (χ3n) is 2.51. The van der Waals surface area contributed by atoms with Crippen LogP contribution in [0.25, 0.3) is 0 Å². The van der Waals surface area contributed by atoms with Crippen LogP contribution in [0.1, 0.15) is 5.56 Å². The summed E-state index contributed by atoms with van der Waals surface area (Å²) in [6.07, 6.45) is 1.34. The smallest absolute Gasteiger partial charge is 0.200 e. The van der Waals surface area contributed by atoms with Crippen LogP contribution in [0.15, 0.2) is 16.7 Å². The van der Waals surface area contributed by atoms with E-state index in [-0.39, 0.29) is 5.82 Å². The van der Waals surface area contributed by atoms with Gasteiger partial charge in [-0.1, -0.05) is 0 Å². The van der Waals surface area contributed by atoms with Crippen molar-refractivity contribution in [2.24, 2.45) is 0 Å². The van der Waals surface area contributed by atoms with Gasteiger partial charge in [-0.25, -0.2) is 26.9 Å². The Bertz CT molecular complexity index is 661. The molecule has 0 bridgehead atoms. The van der Waals surface area contributed by atoms with Gasteiger partial charge in [-0.15, -0.1) is 0 Å². The fourth-order valence-electron chi connectivity index (χ4n) is 1.45. The van der Waals surface area contributed by atoms with Crippen LogP contribution in [0.3, 0.4) is 0 Å². The van der Waals surface area contributed by atoms with Gasteiger partial charge in [-0.2, -0.15) is 0 Å². The van der Waals surface area contributed by atoms with Crippen LogP contribution in [0.2, 0.25) is 0 Å². The zero-order valence-electron chi connectivity index (χ0n) is 9.87. The molecular weight excluding hydrogens is 347 g/mol. The van der Waals surface area contributed by atoms with E-state index in [4.69, 9.17) is 0 Å². The van der Waals surface area contributed by atoms with Crippen LogP contribution >= 0.6 is 15.9 Å². The van der Waals surface area contributed by atoms with Crippen molar-refractivity contribution in [3.63, 3.8) is 0 Å². The number of benzene rings is 1. The van der Waals surface area contributed by atoms with Crippen LogP contribution in [0, 0.1) is 36.0 Å². The number of nitrogens with one attached hydrogen (secondary N) is 1. The van der Waals surface area contributed by atoms with Crippen molar-refractivity contribution in [3.05, 3.63) is 51.4 Å². The summed E-state index contributed by atoms with van der Waals surface area (Å²) in [5, 5.41) is 2.09. The van der Waals surface area contributed by atoms with Crippen molar-refractivity contribution in [1.82, 2.24) is 4.98 Å². The lowest BCUT2D eigenvalue weighted by Crippen LogP contribution is -2.07. The fourth-order valence-corrected chi connectivity index (χ4v) is 1.67. The van der Waals surface area contributed by atoms with Gasteiger partial charge in [0.15, 0.2) is 23.3 Å². The molecule has 20 heavy (non-hydrogen) atoms. The number of anilines is 2. The molecule has 0 aliphatic rings. The summed E-state index contributed by atoms with van der Waals surface area (Å²) in [6.45, 7) is 1.68. The highest BCUT2D eigenvalue weighted by atomic mass is 79.9. The number of halogens is 6. The van der Waals surface area contributed by atoms with E-state index >= 15 is 0 Å². The van der Waals surface area contributed by atoms with E-state index in [2.05, 4.69) is 26.2 Å². The van der Waals surface area contributed by atoms with E-state index in [0.717, 1.165) is 0 Å². The summed E-state index contributed by atoms with van der Waals surface area (Å²) >= 11 is 3.17. The van der Waals surface area contributed by atoms with Gasteiger partial charge >= 0.3 is 0 Å². The Morgan fingerprint density at radius 3 is 1.95 bits per heavy atom. The fraction of sp³-hybridized carbons (Fsp3) is 0.0833. The van der Waals surface area contributed by atoms with Crippen LogP contribution in [0.4, 0.5) is 33.5 Å². The molecule has 0 aliphatic carbocycles. The van der Waals surface area contributed by atoms with E-state index in [9.17, 15) is 22.0 Å². The summed E-state index contributed by atoms with van der Waals surface area (Å²) in [7, 11) is 0. The molecule has 8 heteroatoms. The normalized spacial score (nSPS) is 10.8. The number of pyridine rings is 1. The molecular formula is C12H6BrF5N2. The van der Waals surface area contributed by atoms with Crippen LogP contribution in [-0.4, -0.2) is 4.98 Å². The van der Waals surface area contributed by atoms with Gasteiger partial charge in [0.1, 0.15) is 11.5 Å². The Labute approximate surface area is 118 Å². The standard InChI is InChI=1S/C12H6BrF5N2/c1-4-2-6(19-3-5(4)13)20-12-10(17)8(15)7(14)9(16)11(12)18/h2-3H,1H3,(H,19,20). The molecule has 1 N–H and O–H groups in total. The minimum absolute atomic E-state index is 0.0473. The molecule has 0 saturated carbocycles. The van der Waals surface area contributed by atoms with Gasteiger partial charge in [-0.05, 0) is 34.5 Å². The molecule has 2 nitrogen and oxygen atoms in total. The number of hydrogen-bond donors (Lipinski definition) is 1. The van der Waals surface area contributed by atoms with Gasteiger partial charge in [0.05, 0.1) is 0 Å². The molecule has 0 atom stereocenters. The highest BCUT2D eigenvalue weighted by molar-refractivity contribution is 9.10. The average molecular weight is 353 g/mol. The molecule has 0 fully saturated rings. The summed E-state index contributed by atoms with van der Waals surface area (Å²) in [5.74, 6) is -10.2. The largest absolute Gasteiger partial charge is 0.335 e. The lowest BCUT2D eigenvalue weighted by Gasteiger charge is -2.11. The maximum absolute atomic E-state index is 13.4. The van der Waals surface area contributed by atoms with Crippen LogP contribution in [0.5, 0.6) is 0 Å². The number of aryl methyl sites for hydroxylation is 1. The first kappa shape index (κ1) is 14.7. The highest BCUT2D eigenvalue weighted by Gasteiger charge is 2.26. The molecule has 0 amide bonds. The van der Waals surface area contributed by atoms with Crippen molar-refractivity contribution in [2.75, 3.05) is 5.32 Å². The monoisotopic (exact) mass is 352 g/mol. The Hall–Kier alpha value is -1.70. The zero-order valence-corrected chi connectivity index (χ0v) is 11.5. The first-order valence-corrected chi connectivity index (χ1v) is 6.02. The third-order valence-corrected chi connectivity index (χ3v) is 3.34. The Kier molecular flexibility index (Phi) is 3.94. The SMILES string of the molecule is Cc1cc(Nc2c(F)c(F)c(F)c(F)c2F)ncc1Br. The lowest BCUT2D eigenvalue weighted by atomic mass is 10.2. The Morgan fingerprint density at radius 1 is 0.950 bits per heavy atom. The van der Waals surface area contributed by atoms with E-state index in [1.807, 2.05) is 0 Å². The molecule has 0 aliphatic heterocycles. The third kappa shape index (κ3) is 2.47. The zero-order chi connectivity index (χ0) is 15.0. The number of aromatic nitrogens is 1. The molecule has 1 heterocycles. The average Bonchev–Trinajstić information content (AvgIpc) is 2.43. The lowest BCUT2D eigenvalue weighted by molar-refractivity contribution is 0.382. The molecule has 1 aromatic heterocycles. The second-order valence-electron chi connectivity index (χ2n) is 3.89. The molecule has 0 spiro atoms. The van der Waals surface area contributed by atoms with E-state index in [1.54, 1.807) is 6.92 Å². The number of hydrogen-bond acceptors (Lipinski definition) is 2. The minimum atomic E-state index is -2.20. The second kappa shape index (κ2) is 5.35. The first-order valence-electron chi connectivity index (χ1n) is 5.23. The van der Waals surface area contributed by atoms with Gasteiger partial charge < -0.3 is 5.32 Å². The summed E-state index contributed by atoms with van der Waals surface area (Å²) < 4.78 is 66.5. The molecule has 1 aromatic carbocycles. The topological polar surface area (TPSA) is 24.9 Å². The Balaban J connectivity index is 2.51. The molecule has 0 saturated heterocycles. The molecule has 0 unspecified atom stereocenters. The van der Waals surface area contributed by atoms with Crippen molar-refractivity contribution in [1.29, 1.82) is 0 Å². The predicted molar refractivity (Wildman–Crippen MR) is 66.2 cm³/mol. The van der Waals surface area contributed by atoms with E-state index in [0.29, 0.717) is 10.0 Å². The number of nitrogens with zero attached hydrogens (tertiary/aromatic N) is 1. The molecule has 106 valence electrons. The van der Waals surface area contributed by atoms with Crippen molar-refractivity contribution in [3.8, 4) is 0 Å². The maximum Gasteiger partial charge on any atom is 0.200 e. The molecule has 2 rings (SSSR count). The van der Waals surface area contributed by atoms with Gasteiger partial charge in [-0.3, -0.25) is 0 Å². The van der Waals surface area contributed by atoms with Crippen molar-refractivity contribution >= 4 is 27.4 Å². The number of rotatable bonds is 2. The van der Waals surface area contributed by atoms with Crippen molar-refractivity contribution in [2.45, 2.75) is 6.92 Å². The van der Waals surface area contributed by atoms with Crippen molar-refractivity contribution < 1.29 is 22.0 Å². The summed E-state index contributed by atoms with van der Waals surface area (Å²) in [5.41, 5.74) is -0.470. The maximum atomic E-state index is 13.4. The van der Waals surface area contributed by atoms with Crippen LogP contribution in [-0.2, 0) is 0 Å². The minimum Gasteiger partial charge on any atom is -0.335 e. The van der Waals surface area contributed by atoms with E-state index in [1.165, 1.54) is 12.3 Å². The molecule has 2 aromatic rings. The molecule has 0 radical (unpaired) electrons. The van der Waals surface area contributed by atoms with Gasteiger partial charge in [0.2, 0.25) is 5.82 Å². The van der Waals surface area contributed by atoms with Gasteiger partial charge in [0, 0.05) is 10.7 Å². The summed E-state index contributed by atoms with van der Waals surface area (Å²) in [6, 6.07) is 1.39. The second-order valence-corrected chi connectivity index (χ2v) is 4.74. The van der Waals surface area contributed by atoms with Gasteiger partial charge in [0.25, 0.3) is 0 Å².